The number of primary amides is 1. The molecule has 1 fully saturated rings. The van der Waals surface area contributed by atoms with Crippen molar-refractivity contribution in [3.05, 3.63) is 77.4 Å². The van der Waals surface area contributed by atoms with Crippen molar-refractivity contribution in [3.8, 4) is 22.9 Å². The molecule has 4 N–H and O–H groups in total. The average molecular weight is 525 g/mol. The lowest BCUT2D eigenvalue weighted by molar-refractivity contribution is -0.141. The molecule has 3 heterocycles. The molecule has 13 heteroatoms. The van der Waals surface area contributed by atoms with E-state index in [0.29, 0.717) is 24.9 Å². The van der Waals surface area contributed by atoms with Crippen LogP contribution in [0.4, 0.5) is 19.0 Å². The Hall–Kier alpha value is -4.86. The van der Waals surface area contributed by atoms with Gasteiger partial charge < -0.3 is 21.1 Å². The Morgan fingerprint density at radius 3 is 2.58 bits per heavy atom. The number of nitrogens with two attached hydrogens (primary N) is 2. The zero-order chi connectivity index (χ0) is 27.4. The van der Waals surface area contributed by atoms with E-state index in [1.165, 1.54) is 35.0 Å². The van der Waals surface area contributed by atoms with Gasteiger partial charge in [-0.05, 0) is 43.2 Å². The third-order valence-corrected chi connectivity index (χ3v) is 5.90. The van der Waals surface area contributed by atoms with Crippen LogP contribution in [-0.2, 0) is 11.0 Å². The van der Waals surface area contributed by atoms with Crippen molar-refractivity contribution in [1.29, 1.82) is 0 Å². The van der Waals surface area contributed by atoms with Crippen LogP contribution in [0.25, 0.3) is 16.1 Å². The van der Waals surface area contributed by atoms with Crippen molar-refractivity contribution in [2.75, 3.05) is 18.8 Å². The predicted molar refractivity (Wildman–Crippen MR) is 130 cm³/mol. The summed E-state index contributed by atoms with van der Waals surface area (Å²) in [7, 11) is 0. The minimum absolute atomic E-state index is 0.00886. The number of pyridine rings is 1. The third kappa shape index (κ3) is 5.59. The molecule has 0 aliphatic carbocycles. The largest absolute Gasteiger partial charge is 0.439 e. The predicted octanol–water partition coefficient (Wildman–Crippen LogP) is 4.03. The van der Waals surface area contributed by atoms with Gasteiger partial charge in [-0.1, -0.05) is 6.07 Å². The van der Waals surface area contributed by atoms with Crippen LogP contribution in [-0.4, -0.2) is 44.6 Å². The number of hydrogen-bond donors (Lipinski definition) is 2. The van der Waals surface area contributed by atoms with Crippen molar-refractivity contribution >= 4 is 17.6 Å². The van der Waals surface area contributed by atoms with E-state index >= 15 is 0 Å². The molecule has 1 unspecified atom stereocenters. The maximum absolute atomic E-state index is 12.9. The fraction of sp³-hybridized carbons (Fsp3) is 0.240. The first-order valence-electron chi connectivity index (χ1n) is 11.4. The number of amides is 2. The summed E-state index contributed by atoms with van der Waals surface area (Å²) >= 11 is 0. The van der Waals surface area contributed by atoms with E-state index in [0.717, 1.165) is 12.3 Å². The highest BCUT2D eigenvalue weighted by Crippen LogP contribution is 2.34. The number of alkyl halides is 3. The minimum Gasteiger partial charge on any atom is -0.439 e. The van der Waals surface area contributed by atoms with Gasteiger partial charge in [0, 0.05) is 30.8 Å². The van der Waals surface area contributed by atoms with Gasteiger partial charge in [-0.25, -0.2) is 14.5 Å². The summed E-state index contributed by atoms with van der Waals surface area (Å²) in [6, 6.07) is 9.11. The number of benzene rings is 1. The molecule has 4 rings (SSSR count). The van der Waals surface area contributed by atoms with Gasteiger partial charge in [-0.3, -0.25) is 9.59 Å². The second kappa shape index (κ2) is 10.6. The maximum atomic E-state index is 12.9. The Labute approximate surface area is 215 Å². The molecule has 0 bridgehead atoms. The van der Waals surface area contributed by atoms with Gasteiger partial charge >= 0.3 is 6.18 Å². The molecular formula is C25H22F3N7O3. The summed E-state index contributed by atoms with van der Waals surface area (Å²) < 4.78 is 45.7. The summed E-state index contributed by atoms with van der Waals surface area (Å²) in [6.07, 6.45) is -1.01. The molecule has 0 saturated carbocycles. The number of carbonyl (C=O) groups excluding carboxylic acids is 2. The Balaban J connectivity index is 1.59. The van der Waals surface area contributed by atoms with Gasteiger partial charge in [0.1, 0.15) is 28.5 Å². The smallest absolute Gasteiger partial charge is 0.433 e. The van der Waals surface area contributed by atoms with Crippen LogP contribution < -0.4 is 16.2 Å². The van der Waals surface area contributed by atoms with Gasteiger partial charge in [0.15, 0.2) is 6.20 Å². The Morgan fingerprint density at radius 1 is 1.18 bits per heavy atom. The summed E-state index contributed by atoms with van der Waals surface area (Å²) in [5.41, 5.74) is 11.5. The fourth-order valence-electron chi connectivity index (χ4n) is 4.16. The molecule has 0 radical (unpaired) electrons. The lowest BCUT2D eigenvalue weighted by atomic mass is 10.1. The zero-order valence-corrected chi connectivity index (χ0v) is 19.9. The quantitative estimate of drug-likeness (QED) is 0.369. The van der Waals surface area contributed by atoms with Crippen molar-refractivity contribution in [2.24, 2.45) is 5.73 Å². The van der Waals surface area contributed by atoms with Crippen molar-refractivity contribution < 1.29 is 27.5 Å². The number of hydrogen-bond acceptors (Lipinski definition) is 6. The summed E-state index contributed by atoms with van der Waals surface area (Å²) in [5.74, 6) is -1.07. The molecule has 196 valence electrons. The van der Waals surface area contributed by atoms with E-state index in [1.807, 2.05) is 0 Å². The Kier molecular flexibility index (Phi) is 7.33. The first kappa shape index (κ1) is 26.2. The number of nitrogens with zero attached hydrogens (tertiary/aromatic N) is 5. The molecular weight excluding hydrogens is 503 g/mol. The van der Waals surface area contributed by atoms with E-state index in [2.05, 4.69) is 14.9 Å². The number of anilines is 1. The Morgan fingerprint density at radius 2 is 1.92 bits per heavy atom. The van der Waals surface area contributed by atoms with Crippen molar-refractivity contribution in [1.82, 2.24) is 19.7 Å². The van der Waals surface area contributed by atoms with Gasteiger partial charge in [0.25, 0.3) is 5.91 Å². The first-order chi connectivity index (χ1) is 18.1. The van der Waals surface area contributed by atoms with E-state index in [4.69, 9.17) is 22.8 Å². The fourth-order valence-corrected chi connectivity index (χ4v) is 4.16. The van der Waals surface area contributed by atoms with E-state index < -0.39 is 17.8 Å². The van der Waals surface area contributed by atoms with E-state index in [1.54, 1.807) is 17.0 Å². The minimum atomic E-state index is -4.61. The SMILES string of the molecule is [C-]#[N+]/C=C/C(=O)N1CCCC(n2nc(-c3ccc(Oc4cccc(C(F)(F)F)n4)cc3)c(C(N)=O)c2N)C1. The summed E-state index contributed by atoms with van der Waals surface area (Å²) in [4.78, 5) is 32.7. The van der Waals surface area contributed by atoms with Crippen LogP contribution in [0.5, 0.6) is 11.6 Å². The van der Waals surface area contributed by atoms with Gasteiger partial charge in [-0.2, -0.15) is 18.3 Å². The van der Waals surface area contributed by atoms with Crippen molar-refractivity contribution in [2.45, 2.75) is 25.1 Å². The first-order valence-corrected chi connectivity index (χ1v) is 11.4. The van der Waals surface area contributed by atoms with E-state index in [9.17, 15) is 22.8 Å². The third-order valence-electron chi connectivity index (χ3n) is 5.90. The number of halogens is 3. The lowest BCUT2D eigenvalue weighted by Crippen LogP contribution is -2.40. The molecule has 10 nitrogen and oxygen atoms in total. The van der Waals surface area contributed by atoms with Gasteiger partial charge in [0.05, 0.1) is 12.6 Å². The monoisotopic (exact) mass is 525 g/mol. The van der Waals surface area contributed by atoms with Gasteiger partial charge in [-0.15, -0.1) is 0 Å². The zero-order valence-electron chi connectivity index (χ0n) is 19.9. The van der Waals surface area contributed by atoms with Crippen LogP contribution in [0.2, 0.25) is 0 Å². The average Bonchev–Trinajstić information content (AvgIpc) is 3.24. The van der Waals surface area contributed by atoms with Crippen LogP contribution >= 0.6 is 0 Å². The molecule has 1 atom stereocenters. The number of nitrogen functional groups attached to an aromatic ring is 1. The lowest BCUT2D eigenvalue weighted by Gasteiger charge is -2.32. The molecule has 0 spiro atoms. The molecule has 1 saturated heterocycles. The molecule has 2 aromatic heterocycles. The van der Waals surface area contributed by atoms with Crippen LogP contribution in [0, 0.1) is 6.57 Å². The number of rotatable bonds is 6. The number of ether oxygens (including phenoxy) is 1. The topological polar surface area (TPSA) is 134 Å². The molecule has 1 aliphatic rings. The molecule has 38 heavy (non-hydrogen) atoms. The van der Waals surface area contributed by atoms with Crippen LogP contribution in [0.1, 0.15) is 34.9 Å². The molecule has 3 aromatic rings. The Bertz CT molecular complexity index is 1430. The number of piperidine rings is 1. The van der Waals surface area contributed by atoms with Gasteiger partial charge in [0.2, 0.25) is 11.8 Å². The molecule has 2 amide bonds. The standard InChI is InChI=1S/C25H22F3N7O3/c1-31-12-11-20(36)34-13-3-4-16(14-34)35-23(29)21(24(30)37)22(33-35)15-7-9-17(10-8-15)38-19-6-2-5-18(32-19)25(26,27)28/h2,5-12,16H,3-4,13-14,29H2,(H2,30,37)/b12-11+. The van der Waals surface area contributed by atoms with Crippen molar-refractivity contribution in [3.63, 3.8) is 0 Å². The number of aromatic nitrogens is 3. The second-order valence-electron chi connectivity index (χ2n) is 8.43. The van der Waals surface area contributed by atoms with E-state index in [-0.39, 0.29) is 47.2 Å². The highest BCUT2D eigenvalue weighted by Gasteiger charge is 2.33. The molecule has 1 aliphatic heterocycles. The normalized spacial score (nSPS) is 15.8. The highest BCUT2D eigenvalue weighted by molar-refractivity contribution is 6.03. The second-order valence-corrected chi connectivity index (χ2v) is 8.43. The van der Waals surface area contributed by atoms with Crippen LogP contribution in [0.3, 0.4) is 0 Å². The maximum Gasteiger partial charge on any atom is 0.433 e. The highest BCUT2D eigenvalue weighted by atomic mass is 19.4. The number of likely N-dealkylation sites (tertiary alicyclic amines) is 1. The number of carbonyl (C=O) groups is 2. The summed E-state index contributed by atoms with van der Waals surface area (Å²) in [5, 5.41) is 4.54. The molecule has 1 aromatic carbocycles. The van der Waals surface area contributed by atoms with Crippen LogP contribution in [0.15, 0.2) is 54.7 Å². The summed E-state index contributed by atoms with van der Waals surface area (Å²) in [6.45, 7) is 7.59.